The average Bonchev–Trinajstić information content (AvgIpc) is 2.78. The lowest BCUT2D eigenvalue weighted by molar-refractivity contribution is 0.102. The van der Waals surface area contributed by atoms with E-state index in [1.54, 1.807) is 18.2 Å². The smallest absolute Gasteiger partial charge is 0.260 e. The maximum absolute atomic E-state index is 11.9. The summed E-state index contributed by atoms with van der Waals surface area (Å²) >= 11 is 8.92. The topological polar surface area (TPSA) is 66.0 Å². The molecule has 0 aliphatic rings. The molecule has 0 saturated heterocycles. The Balaban J connectivity index is 2.23. The van der Waals surface area contributed by atoms with E-state index in [4.69, 9.17) is 21.3 Å². The lowest BCUT2D eigenvalue weighted by Crippen LogP contribution is -2.11. The zero-order valence-electron chi connectivity index (χ0n) is 8.91. The maximum atomic E-state index is 11.9. The average molecular weight is 326 g/mol. The predicted molar refractivity (Wildman–Crippen MR) is 70.5 cm³/mol. The van der Waals surface area contributed by atoms with Crippen molar-refractivity contribution in [2.24, 2.45) is 0 Å². The minimum atomic E-state index is -0.332. The van der Waals surface area contributed by atoms with Crippen LogP contribution in [0.1, 0.15) is 15.9 Å². The van der Waals surface area contributed by atoms with Gasteiger partial charge in [0, 0.05) is 5.69 Å². The Morgan fingerprint density at radius 1 is 1.44 bits per heavy atom. The second-order valence-electron chi connectivity index (χ2n) is 3.37. The predicted octanol–water partition coefficient (Wildman–Crippen LogP) is 3.82. The molecule has 0 atom stereocenters. The van der Waals surface area contributed by atoms with E-state index in [0.29, 0.717) is 26.5 Å². The standard InChI is InChI=1S/C12H6BrClN2O2/c13-11-9(3-4-18-11)12(17)16-8-1-2-10(14)7(5-8)6-15/h1-5H,(H,16,17). The first-order valence-corrected chi connectivity index (χ1v) is 6.03. The van der Waals surface area contributed by atoms with Crippen molar-refractivity contribution in [3.05, 3.63) is 51.3 Å². The highest BCUT2D eigenvalue weighted by Crippen LogP contribution is 2.22. The highest BCUT2D eigenvalue weighted by molar-refractivity contribution is 9.10. The van der Waals surface area contributed by atoms with Gasteiger partial charge in [-0.25, -0.2) is 0 Å². The molecule has 2 aromatic rings. The molecule has 1 amide bonds. The Kier molecular flexibility index (Phi) is 3.70. The quantitative estimate of drug-likeness (QED) is 0.912. The van der Waals surface area contributed by atoms with E-state index in [1.807, 2.05) is 6.07 Å². The number of hydrogen-bond donors (Lipinski definition) is 1. The molecule has 1 heterocycles. The summed E-state index contributed by atoms with van der Waals surface area (Å²) in [5.74, 6) is -0.332. The van der Waals surface area contributed by atoms with Crippen LogP contribution in [0.4, 0.5) is 5.69 Å². The van der Waals surface area contributed by atoms with Crippen LogP contribution in [0, 0.1) is 11.3 Å². The van der Waals surface area contributed by atoms with E-state index in [-0.39, 0.29) is 5.91 Å². The first kappa shape index (κ1) is 12.7. The van der Waals surface area contributed by atoms with Crippen molar-refractivity contribution >= 4 is 39.1 Å². The fourth-order valence-corrected chi connectivity index (χ4v) is 1.92. The number of carbonyl (C=O) groups is 1. The Labute approximate surface area is 116 Å². The van der Waals surface area contributed by atoms with E-state index in [9.17, 15) is 4.79 Å². The van der Waals surface area contributed by atoms with Crippen molar-refractivity contribution in [3.63, 3.8) is 0 Å². The molecule has 0 bridgehead atoms. The first-order chi connectivity index (χ1) is 8.61. The van der Waals surface area contributed by atoms with Crippen LogP contribution in [0.25, 0.3) is 0 Å². The molecule has 4 nitrogen and oxygen atoms in total. The van der Waals surface area contributed by atoms with Gasteiger partial charge in [-0.1, -0.05) is 11.6 Å². The second kappa shape index (κ2) is 5.25. The van der Waals surface area contributed by atoms with Crippen LogP contribution in [0.15, 0.2) is 39.6 Å². The number of nitrogens with zero attached hydrogens (tertiary/aromatic N) is 1. The van der Waals surface area contributed by atoms with Crippen molar-refractivity contribution in [1.82, 2.24) is 0 Å². The minimum absolute atomic E-state index is 0.306. The summed E-state index contributed by atoms with van der Waals surface area (Å²) in [6.07, 6.45) is 1.40. The highest BCUT2D eigenvalue weighted by atomic mass is 79.9. The summed E-state index contributed by atoms with van der Waals surface area (Å²) in [7, 11) is 0. The highest BCUT2D eigenvalue weighted by Gasteiger charge is 2.13. The summed E-state index contributed by atoms with van der Waals surface area (Å²) in [5.41, 5.74) is 1.18. The summed E-state index contributed by atoms with van der Waals surface area (Å²) in [6, 6.07) is 8.17. The number of halogens is 2. The Morgan fingerprint density at radius 3 is 2.83 bits per heavy atom. The number of hydrogen-bond acceptors (Lipinski definition) is 3. The van der Waals surface area contributed by atoms with Crippen LogP contribution in [0.3, 0.4) is 0 Å². The molecular formula is C12H6BrClN2O2. The van der Waals surface area contributed by atoms with Crippen LogP contribution in [0.2, 0.25) is 5.02 Å². The monoisotopic (exact) mass is 324 g/mol. The normalized spacial score (nSPS) is 9.83. The Bertz CT molecular complexity index is 646. The van der Waals surface area contributed by atoms with Gasteiger partial charge in [0.2, 0.25) is 0 Å². The summed E-state index contributed by atoms with van der Waals surface area (Å²) in [6.45, 7) is 0. The number of anilines is 1. The molecule has 2 rings (SSSR count). The SMILES string of the molecule is N#Cc1cc(NC(=O)c2ccoc2Br)ccc1Cl. The van der Waals surface area contributed by atoms with Gasteiger partial charge in [0.1, 0.15) is 6.07 Å². The molecule has 0 spiro atoms. The number of carbonyl (C=O) groups excluding carboxylic acids is 1. The number of nitriles is 1. The minimum Gasteiger partial charge on any atom is -0.457 e. The molecule has 1 N–H and O–H groups in total. The van der Waals surface area contributed by atoms with Crippen LogP contribution >= 0.6 is 27.5 Å². The van der Waals surface area contributed by atoms with Gasteiger partial charge in [0.15, 0.2) is 4.67 Å². The molecule has 6 heteroatoms. The lowest BCUT2D eigenvalue weighted by Gasteiger charge is -2.05. The number of benzene rings is 1. The van der Waals surface area contributed by atoms with Crippen molar-refractivity contribution in [1.29, 1.82) is 5.26 Å². The van der Waals surface area contributed by atoms with Gasteiger partial charge >= 0.3 is 0 Å². The van der Waals surface area contributed by atoms with Gasteiger partial charge in [-0.05, 0) is 40.2 Å². The van der Waals surface area contributed by atoms with E-state index >= 15 is 0 Å². The van der Waals surface area contributed by atoms with Gasteiger partial charge in [-0.3, -0.25) is 4.79 Å². The fraction of sp³-hybridized carbons (Fsp3) is 0. The Hall–Kier alpha value is -1.77. The third-order valence-electron chi connectivity index (χ3n) is 2.21. The molecule has 1 aromatic carbocycles. The van der Waals surface area contributed by atoms with Crippen molar-refractivity contribution < 1.29 is 9.21 Å². The molecular weight excluding hydrogens is 320 g/mol. The third-order valence-corrected chi connectivity index (χ3v) is 3.15. The summed E-state index contributed by atoms with van der Waals surface area (Å²) < 4.78 is 5.33. The summed E-state index contributed by atoms with van der Waals surface area (Å²) in [4.78, 5) is 11.9. The Morgan fingerprint density at radius 2 is 2.22 bits per heavy atom. The fourth-order valence-electron chi connectivity index (χ4n) is 1.34. The van der Waals surface area contributed by atoms with Crippen LogP contribution in [-0.2, 0) is 0 Å². The molecule has 0 unspecified atom stereocenters. The molecule has 18 heavy (non-hydrogen) atoms. The number of furan rings is 1. The number of amides is 1. The summed E-state index contributed by atoms with van der Waals surface area (Å²) in [5, 5.41) is 11.8. The van der Waals surface area contributed by atoms with E-state index < -0.39 is 0 Å². The number of nitrogens with one attached hydrogen (secondary N) is 1. The zero-order chi connectivity index (χ0) is 13.1. The van der Waals surface area contributed by atoms with Crippen LogP contribution < -0.4 is 5.32 Å². The third kappa shape index (κ3) is 2.55. The van der Waals surface area contributed by atoms with Gasteiger partial charge in [-0.15, -0.1) is 0 Å². The molecule has 0 fully saturated rings. The van der Waals surface area contributed by atoms with Crippen LogP contribution in [-0.4, -0.2) is 5.91 Å². The van der Waals surface area contributed by atoms with E-state index in [0.717, 1.165) is 0 Å². The largest absolute Gasteiger partial charge is 0.457 e. The zero-order valence-corrected chi connectivity index (χ0v) is 11.2. The molecule has 1 aromatic heterocycles. The van der Waals surface area contributed by atoms with Gasteiger partial charge < -0.3 is 9.73 Å². The lowest BCUT2D eigenvalue weighted by atomic mass is 10.2. The van der Waals surface area contributed by atoms with Crippen molar-refractivity contribution in [3.8, 4) is 6.07 Å². The molecule has 0 aliphatic carbocycles. The van der Waals surface area contributed by atoms with Crippen LogP contribution in [0.5, 0.6) is 0 Å². The van der Waals surface area contributed by atoms with Crippen molar-refractivity contribution in [2.75, 3.05) is 5.32 Å². The van der Waals surface area contributed by atoms with Gasteiger partial charge in [-0.2, -0.15) is 5.26 Å². The number of rotatable bonds is 2. The first-order valence-electron chi connectivity index (χ1n) is 4.86. The molecule has 0 aliphatic heterocycles. The maximum Gasteiger partial charge on any atom is 0.260 e. The van der Waals surface area contributed by atoms with E-state index in [2.05, 4.69) is 21.2 Å². The van der Waals surface area contributed by atoms with Gasteiger partial charge in [0.05, 0.1) is 22.4 Å². The van der Waals surface area contributed by atoms with E-state index in [1.165, 1.54) is 12.3 Å². The molecule has 90 valence electrons. The molecule has 0 radical (unpaired) electrons. The second-order valence-corrected chi connectivity index (χ2v) is 4.50. The van der Waals surface area contributed by atoms with Gasteiger partial charge in [0.25, 0.3) is 5.91 Å². The molecule has 0 saturated carbocycles. The van der Waals surface area contributed by atoms with Crippen molar-refractivity contribution in [2.45, 2.75) is 0 Å².